The van der Waals surface area contributed by atoms with Crippen LogP contribution in [0.15, 0.2) is 24.3 Å². The molecule has 4 rings (SSSR count). The van der Waals surface area contributed by atoms with Crippen LogP contribution in [0.5, 0.6) is 0 Å². The third kappa shape index (κ3) is 3.81. The van der Waals surface area contributed by atoms with Crippen LogP contribution in [0.25, 0.3) is 11.1 Å². The highest BCUT2D eigenvalue weighted by molar-refractivity contribution is 7.71. The summed E-state index contributed by atoms with van der Waals surface area (Å²) in [6.07, 6.45) is -3.48. The Morgan fingerprint density at radius 2 is 1.77 bits per heavy atom. The third-order valence-electron chi connectivity index (χ3n) is 6.08. The van der Waals surface area contributed by atoms with Crippen LogP contribution in [-0.4, -0.2) is 56.0 Å². The lowest BCUT2D eigenvalue weighted by Crippen LogP contribution is -2.57. The molecule has 4 N–H and O–H groups in total. The summed E-state index contributed by atoms with van der Waals surface area (Å²) in [5, 5.41) is 51.3. The van der Waals surface area contributed by atoms with E-state index in [1.807, 2.05) is 12.1 Å². The molecule has 0 spiro atoms. The molecule has 0 amide bonds. The number of nitrogens with zero attached hydrogens (tertiary/aromatic N) is 2. The maximum atomic E-state index is 10.7. The van der Waals surface area contributed by atoms with E-state index in [0.29, 0.717) is 11.4 Å². The monoisotopic (exact) mass is 462 g/mol. The van der Waals surface area contributed by atoms with Crippen LogP contribution >= 0.6 is 23.8 Å². The lowest BCUT2D eigenvalue weighted by atomic mass is 9.86. The molecule has 31 heavy (non-hydrogen) atoms. The number of hydrogen-bond acceptors (Lipinski definition) is 7. The zero-order valence-electron chi connectivity index (χ0n) is 16.6. The number of pyridine rings is 1. The first-order valence-corrected chi connectivity index (χ1v) is 10.9. The number of hydrogen-bond donors (Lipinski definition) is 4. The Morgan fingerprint density at radius 1 is 1.10 bits per heavy atom. The van der Waals surface area contributed by atoms with E-state index in [4.69, 9.17) is 28.6 Å². The molecule has 0 unspecified atom stereocenters. The molecule has 0 bridgehead atoms. The Kier molecular flexibility index (Phi) is 6.47. The molecular formula is C22H23ClN2O5S. The van der Waals surface area contributed by atoms with Crippen molar-refractivity contribution in [2.75, 3.05) is 6.61 Å². The minimum Gasteiger partial charge on any atom is -0.394 e. The van der Waals surface area contributed by atoms with E-state index < -0.39 is 37.3 Å². The van der Waals surface area contributed by atoms with Crippen molar-refractivity contribution in [3.05, 3.63) is 50.7 Å². The molecule has 1 saturated heterocycles. The van der Waals surface area contributed by atoms with E-state index in [0.717, 1.165) is 41.6 Å². The molecule has 1 aromatic carbocycles. The number of rotatable bonds is 3. The van der Waals surface area contributed by atoms with Gasteiger partial charge >= 0.3 is 0 Å². The van der Waals surface area contributed by atoms with E-state index >= 15 is 0 Å². The number of halogens is 1. The molecule has 1 aliphatic heterocycles. The van der Waals surface area contributed by atoms with E-state index in [1.165, 1.54) is 0 Å². The summed E-state index contributed by atoms with van der Waals surface area (Å²) in [5.41, 5.74) is 3.61. The molecule has 2 aliphatic rings. The summed E-state index contributed by atoms with van der Waals surface area (Å²) in [7, 11) is 0. The van der Waals surface area contributed by atoms with Gasteiger partial charge in [-0.2, -0.15) is 5.26 Å². The fraction of sp³-hybridized carbons (Fsp3) is 0.455. The zero-order chi connectivity index (χ0) is 22.3. The van der Waals surface area contributed by atoms with E-state index in [9.17, 15) is 25.7 Å². The first-order chi connectivity index (χ1) is 14.9. The smallest absolute Gasteiger partial charge is 0.164 e. The largest absolute Gasteiger partial charge is 0.394 e. The Hall–Kier alpha value is -1.83. The van der Waals surface area contributed by atoms with Crippen LogP contribution in [0.4, 0.5) is 0 Å². The summed E-state index contributed by atoms with van der Waals surface area (Å²) in [6, 6.07) is 9.42. The molecule has 2 heterocycles. The van der Waals surface area contributed by atoms with Crippen molar-refractivity contribution in [1.29, 1.82) is 5.26 Å². The van der Waals surface area contributed by atoms with Gasteiger partial charge in [-0.05, 0) is 48.9 Å². The predicted molar refractivity (Wildman–Crippen MR) is 116 cm³/mol. The number of aliphatic hydroxyl groups excluding tert-OH is 4. The van der Waals surface area contributed by atoms with Gasteiger partial charge in [0.2, 0.25) is 0 Å². The number of ether oxygens (including phenoxy) is 1. The van der Waals surface area contributed by atoms with Gasteiger partial charge in [0.25, 0.3) is 0 Å². The van der Waals surface area contributed by atoms with Gasteiger partial charge in [-0.3, -0.25) is 0 Å². The maximum absolute atomic E-state index is 10.7. The summed E-state index contributed by atoms with van der Waals surface area (Å²) in [4.78, 5) is 0. The molecule has 9 heteroatoms. The zero-order valence-corrected chi connectivity index (χ0v) is 18.2. The molecule has 164 valence electrons. The van der Waals surface area contributed by atoms with Crippen molar-refractivity contribution in [3.8, 4) is 17.2 Å². The Morgan fingerprint density at radius 3 is 2.42 bits per heavy atom. The van der Waals surface area contributed by atoms with E-state index in [1.54, 1.807) is 16.7 Å². The predicted octanol–water partition coefficient (Wildman–Crippen LogP) is 2.26. The standard InChI is InChI=1S/C22H23ClN2O5S/c23-12-7-5-11(6-8-12)17-13-3-1-2-4-15(13)25(22(31)14(17)9-24)21-20(29)19(28)18(27)16(10-26)30-21/h5-8,16,18-21,26-29H,1-4,10H2/t16-,18-,19+,20-,21-/m1/s1. The van der Waals surface area contributed by atoms with Crippen LogP contribution in [0.1, 0.15) is 35.9 Å². The number of aliphatic hydroxyl groups is 4. The van der Waals surface area contributed by atoms with Crippen LogP contribution in [0.2, 0.25) is 5.02 Å². The van der Waals surface area contributed by atoms with Crippen molar-refractivity contribution >= 4 is 23.8 Å². The molecule has 1 aromatic heterocycles. The van der Waals surface area contributed by atoms with E-state index in [2.05, 4.69) is 6.07 Å². The average molecular weight is 463 g/mol. The summed E-state index contributed by atoms with van der Waals surface area (Å²) in [5.74, 6) is 0. The molecule has 5 atom stereocenters. The first-order valence-electron chi connectivity index (χ1n) is 10.2. The minimum absolute atomic E-state index is 0.178. The quantitative estimate of drug-likeness (QED) is 0.516. The topological polar surface area (TPSA) is 119 Å². The van der Waals surface area contributed by atoms with Gasteiger partial charge in [-0.1, -0.05) is 36.0 Å². The Bertz CT molecular complexity index is 1080. The number of benzene rings is 1. The second-order valence-corrected chi connectivity index (χ2v) is 8.72. The molecule has 0 saturated carbocycles. The number of aromatic nitrogens is 1. The second-order valence-electron chi connectivity index (χ2n) is 7.90. The van der Waals surface area contributed by atoms with Crippen molar-refractivity contribution in [2.45, 2.75) is 56.3 Å². The van der Waals surface area contributed by atoms with Crippen LogP contribution in [0, 0.1) is 16.0 Å². The number of fused-ring (bicyclic) bond motifs is 1. The highest BCUT2D eigenvalue weighted by Crippen LogP contribution is 2.39. The average Bonchev–Trinajstić information content (AvgIpc) is 2.78. The Labute approximate surface area is 189 Å². The Balaban J connectivity index is 1.96. The first kappa shape index (κ1) is 22.4. The van der Waals surface area contributed by atoms with Crippen LogP contribution in [-0.2, 0) is 17.6 Å². The maximum Gasteiger partial charge on any atom is 0.164 e. The summed E-state index contributed by atoms with van der Waals surface area (Å²) < 4.78 is 7.55. The van der Waals surface area contributed by atoms with Gasteiger partial charge in [0.05, 0.1) is 12.2 Å². The lowest BCUT2D eigenvalue weighted by Gasteiger charge is -2.42. The molecule has 1 aliphatic carbocycles. The van der Waals surface area contributed by atoms with Crippen molar-refractivity contribution in [1.82, 2.24) is 4.57 Å². The summed E-state index contributed by atoms with van der Waals surface area (Å²) in [6.45, 7) is -0.537. The van der Waals surface area contributed by atoms with Crippen molar-refractivity contribution in [3.63, 3.8) is 0 Å². The SMILES string of the molecule is N#Cc1c(-c2ccc(Cl)cc2)c2c(n([C@@H]3O[C@H](CO)[C@@H](O)[C@H](O)[C@H]3O)c1=S)CCCC2. The normalized spacial score (nSPS) is 28.1. The second kappa shape index (κ2) is 8.96. The minimum atomic E-state index is -1.53. The van der Waals surface area contributed by atoms with Gasteiger partial charge in [0.15, 0.2) is 6.23 Å². The molecule has 7 nitrogen and oxygen atoms in total. The molecule has 2 aromatic rings. The third-order valence-corrected chi connectivity index (χ3v) is 6.73. The van der Waals surface area contributed by atoms with Gasteiger partial charge in [0, 0.05) is 16.3 Å². The van der Waals surface area contributed by atoms with Crippen LogP contribution < -0.4 is 0 Å². The van der Waals surface area contributed by atoms with Crippen molar-refractivity contribution in [2.24, 2.45) is 0 Å². The number of nitriles is 1. The highest BCUT2D eigenvalue weighted by atomic mass is 35.5. The van der Waals surface area contributed by atoms with Gasteiger partial charge in [0.1, 0.15) is 35.1 Å². The van der Waals surface area contributed by atoms with Gasteiger partial charge in [-0.25, -0.2) is 0 Å². The lowest BCUT2D eigenvalue weighted by molar-refractivity contribution is -0.252. The van der Waals surface area contributed by atoms with Crippen molar-refractivity contribution < 1.29 is 25.2 Å². The van der Waals surface area contributed by atoms with Gasteiger partial charge in [-0.15, -0.1) is 0 Å². The molecule has 1 fully saturated rings. The molecule has 0 radical (unpaired) electrons. The van der Waals surface area contributed by atoms with Gasteiger partial charge < -0.3 is 29.7 Å². The van der Waals surface area contributed by atoms with E-state index in [-0.39, 0.29) is 10.2 Å². The van der Waals surface area contributed by atoms with Crippen LogP contribution in [0.3, 0.4) is 0 Å². The fourth-order valence-corrected chi connectivity index (χ4v) is 5.02. The fourth-order valence-electron chi connectivity index (χ4n) is 4.53. The molecular weight excluding hydrogens is 440 g/mol. The highest BCUT2D eigenvalue weighted by Gasteiger charge is 2.45. The summed E-state index contributed by atoms with van der Waals surface area (Å²) >= 11 is 11.7.